The third kappa shape index (κ3) is 0.753. The highest BCUT2D eigenvalue weighted by molar-refractivity contribution is 6.86. The van der Waals surface area contributed by atoms with Crippen molar-refractivity contribution >= 4 is 23.1 Å². The third-order valence-corrected chi connectivity index (χ3v) is 1.75. The summed E-state index contributed by atoms with van der Waals surface area (Å²) in [6, 6.07) is 0. The average molecular weight is 154 g/mol. The molecule has 0 bridgehead atoms. The molecule has 0 aromatic heterocycles. The summed E-state index contributed by atoms with van der Waals surface area (Å²) in [6.07, 6.45) is 0. The molecule has 0 aromatic rings. The van der Waals surface area contributed by atoms with E-state index < -0.39 is 28.5 Å². The van der Waals surface area contributed by atoms with Crippen molar-refractivity contribution < 1.29 is 19.2 Å². The van der Waals surface area contributed by atoms with Crippen LogP contribution >= 0.6 is 0 Å². The Morgan fingerprint density at radius 2 is 1.09 bits per heavy atom. The average Bonchev–Trinajstić information content (AvgIpc) is 2.06. The largest absolute Gasteiger partial charge is 0.289 e. The second-order valence-electron chi connectivity index (χ2n) is 2.94. The van der Waals surface area contributed by atoms with Crippen molar-refractivity contribution in [1.82, 2.24) is 0 Å². The zero-order chi connectivity index (χ0) is 8.81. The highest BCUT2D eigenvalue weighted by Gasteiger charge is 2.54. The molecule has 1 fully saturated rings. The fraction of sp³-hybridized carbons (Fsp3) is 0.429. The van der Waals surface area contributed by atoms with E-state index in [1.807, 2.05) is 0 Å². The summed E-state index contributed by atoms with van der Waals surface area (Å²) in [5.41, 5.74) is -1.42. The van der Waals surface area contributed by atoms with Gasteiger partial charge in [0.05, 0.1) is 5.41 Å². The fourth-order valence-corrected chi connectivity index (χ4v) is 0.877. The van der Waals surface area contributed by atoms with E-state index in [-0.39, 0.29) is 0 Å². The van der Waals surface area contributed by atoms with Gasteiger partial charge in [0.15, 0.2) is 0 Å². The van der Waals surface area contributed by atoms with Crippen LogP contribution in [0.15, 0.2) is 0 Å². The number of hydrogen-bond acceptors (Lipinski definition) is 4. The maximum atomic E-state index is 10.9. The molecule has 0 saturated heterocycles. The molecule has 0 unspecified atom stereocenters. The number of carbonyl (C=O) groups excluding carboxylic acids is 4. The lowest BCUT2D eigenvalue weighted by atomic mass is 9.90. The van der Waals surface area contributed by atoms with Crippen molar-refractivity contribution in [2.45, 2.75) is 13.8 Å². The minimum Gasteiger partial charge on any atom is -0.289 e. The highest BCUT2D eigenvalue weighted by Crippen LogP contribution is 2.25. The van der Waals surface area contributed by atoms with E-state index in [0.29, 0.717) is 0 Å². The Hall–Kier alpha value is -1.32. The quantitative estimate of drug-likeness (QED) is 0.342. The molecule has 4 heteroatoms. The number of carbonyl (C=O) groups is 4. The van der Waals surface area contributed by atoms with Gasteiger partial charge in [-0.15, -0.1) is 0 Å². The van der Waals surface area contributed by atoms with Crippen molar-refractivity contribution in [2.75, 3.05) is 0 Å². The van der Waals surface area contributed by atoms with E-state index in [9.17, 15) is 19.2 Å². The van der Waals surface area contributed by atoms with E-state index >= 15 is 0 Å². The Balaban J connectivity index is 3.27. The number of hydrogen-bond donors (Lipinski definition) is 0. The minimum atomic E-state index is -1.42. The van der Waals surface area contributed by atoms with Gasteiger partial charge in [0.2, 0.25) is 11.6 Å². The van der Waals surface area contributed by atoms with Crippen LogP contribution in [-0.4, -0.2) is 23.1 Å². The van der Waals surface area contributed by atoms with Crippen LogP contribution in [0.2, 0.25) is 0 Å². The summed E-state index contributed by atoms with van der Waals surface area (Å²) in [6.45, 7) is 2.56. The van der Waals surface area contributed by atoms with Crippen molar-refractivity contribution in [3.8, 4) is 0 Å². The molecule has 0 heterocycles. The van der Waals surface area contributed by atoms with Crippen LogP contribution in [0.25, 0.3) is 0 Å². The minimum absolute atomic E-state index is 0.896. The van der Waals surface area contributed by atoms with Crippen LogP contribution in [-0.2, 0) is 19.2 Å². The molecule has 1 saturated carbocycles. The molecule has 0 spiro atoms. The first-order valence-corrected chi connectivity index (χ1v) is 3.07. The summed E-state index contributed by atoms with van der Waals surface area (Å²) >= 11 is 0. The van der Waals surface area contributed by atoms with Gasteiger partial charge < -0.3 is 0 Å². The molecule has 0 N–H and O–H groups in total. The Bertz CT molecular complexity index is 257. The number of ketones is 4. The molecule has 0 aromatic carbocycles. The van der Waals surface area contributed by atoms with Crippen molar-refractivity contribution in [3.05, 3.63) is 0 Å². The predicted molar refractivity (Wildman–Crippen MR) is 33.8 cm³/mol. The van der Waals surface area contributed by atoms with Gasteiger partial charge >= 0.3 is 0 Å². The van der Waals surface area contributed by atoms with Crippen LogP contribution in [0.1, 0.15) is 13.8 Å². The Morgan fingerprint density at radius 3 is 1.18 bits per heavy atom. The molecule has 0 radical (unpaired) electrons. The molecule has 0 atom stereocenters. The summed E-state index contributed by atoms with van der Waals surface area (Å²) < 4.78 is 0. The second kappa shape index (κ2) is 1.84. The van der Waals surface area contributed by atoms with E-state index in [1.54, 1.807) is 0 Å². The molecule has 1 aliphatic carbocycles. The van der Waals surface area contributed by atoms with Crippen molar-refractivity contribution in [1.29, 1.82) is 0 Å². The zero-order valence-corrected chi connectivity index (χ0v) is 6.13. The molecule has 58 valence electrons. The van der Waals surface area contributed by atoms with Crippen LogP contribution in [0.5, 0.6) is 0 Å². The smallest absolute Gasteiger partial charge is 0.273 e. The molecular formula is C7H6O4. The van der Waals surface area contributed by atoms with Crippen molar-refractivity contribution in [3.63, 3.8) is 0 Å². The lowest BCUT2D eigenvalue weighted by Crippen LogP contribution is -2.27. The van der Waals surface area contributed by atoms with Gasteiger partial charge in [-0.05, 0) is 13.8 Å². The predicted octanol–water partition coefficient (Wildman–Crippen LogP) is -0.697. The molecule has 1 aliphatic rings. The van der Waals surface area contributed by atoms with Crippen LogP contribution in [0, 0.1) is 5.41 Å². The Morgan fingerprint density at radius 1 is 0.818 bits per heavy atom. The van der Waals surface area contributed by atoms with Gasteiger partial charge in [-0.3, -0.25) is 19.2 Å². The molecule has 4 nitrogen and oxygen atoms in total. The first-order valence-electron chi connectivity index (χ1n) is 3.07. The molecule has 0 amide bonds. The highest BCUT2D eigenvalue weighted by atomic mass is 16.2. The SMILES string of the molecule is CC1(C)C(=O)C(=O)C(=O)C1=O. The van der Waals surface area contributed by atoms with E-state index in [4.69, 9.17) is 0 Å². The zero-order valence-electron chi connectivity index (χ0n) is 6.13. The summed E-state index contributed by atoms with van der Waals surface area (Å²) in [5, 5.41) is 0. The van der Waals surface area contributed by atoms with Gasteiger partial charge in [-0.1, -0.05) is 0 Å². The summed E-state index contributed by atoms with van der Waals surface area (Å²) in [4.78, 5) is 42.9. The van der Waals surface area contributed by atoms with E-state index in [0.717, 1.165) is 0 Å². The maximum absolute atomic E-state index is 10.9. The molecule has 0 aliphatic heterocycles. The third-order valence-electron chi connectivity index (χ3n) is 1.75. The van der Waals surface area contributed by atoms with Crippen molar-refractivity contribution in [2.24, 2.45) is 5.41 Å². The normalized spacial score (nSPS) is 23.1. The van der Waals surface area contributed by atoms with E-state index in [2.05, 4.69) is 0 Å². The van der Waals surface area contributed by atoms with E-state index in [1.165, 1.54) is 13.8 Å². The van der Waals surface area contributed by atoms with Gasteiger partial charge in [-0.25, -0.2) is 0 Å². The fourth-order valence-electron chi connectivity index (χ4n) is 0.877. The lowest BCUT2D eigenvalue weighted by Gasteiger charge is -2.07. The topological polar surface area (TPSA) is 68.3 Å². The second-order valence-corrected chi connectivity index (χ2v) is 2.94. The Labute approximate surface area is 62.6 Å². The van der Waals surface area contributed by atoms with Gasteiger partial charge in [-0.2, -0.15) is 0 Å². The van der Waals surface area contributed by atoms with Gasteiger partial charge in [0.1, 0.15) is 0 Å². The molecule has 11 heavy (non-hydrogen) atoms. The van der Waals surface area contributed by atoms with Crippen LogP contribution in [0.3, 0.4) is 0 Å². The first-order chi connectivity index (χ1) is 4.89. The lowest BCUT2D eigenvalue weighted by molar-refractivity contribution is -0.142. The standard InChI is InChI=1S/C7H6O4/c1-7(2)5(10)3(8)4(9)6(7)11/h1-2H3. The van der Waals surface area contributed by atoms with Gasteiger partial charge in [0, 0.05) is 0 Å². The Kier molecular flexibility index (Phi) is 1.30. The maximum Gasteiger partial charge on any atom is 0.273 e. The first kappa shape index (κ1) is 7.78. The van der Waals surface area contributed by atoms with Crippen LogP contribution < -0.4 is 0 Å². The molecular weight excluding hydrogens is 148 g/mol. The number of rotatable bonds is 0. The molecule has 1 rings (SSSR count). The summed E-state index contributed by atoms with van der Waals surface area (Å²) in [7, 11) is 0. The number of Topliss-reactive ketones (excluding diaryl/α,β-unsaturated/α-hetero) is 4. The summed E-state index contributed by atoms with van der Waals surface area (Å²) in [5.74, 6) is -4.15. The van der Waals surface area contributed by atoms with Crippen LogP contribution in [0.4, 0.5) is 0 Å². The monoisotopic (exact) mass is 154 g/mol. The van der Waals surface area contributed by atoms with Gasteiger partial charge in [0.25, 0.3) is 11.6 Å².